The maximum absolute atomic E-state index is 13.8. The van der Waals surface area contributed by atoms with E-state index in [1.165, 1.54) is 16.3 Å². The van der Waals surface area contributed by atoms with Crippen LogP contribution in [0.4, 0.5) is 5.13 Å². The molecule has 196 valence electrons. The molecule has 0 fully saturated rings. The summed E-state index contributed by atoms with van der Waals surface area (Å²) >= 11 is 1.41. The van der Waals surface area contributed by atoms with E-state index in [-0.39, 0.29) is 5.91 Å². The monoisotopic (exact) mass is 537 g/mol. The van der Waals surface area contributed by atoms with Gasteiger partial charge in [0.25, 0.3) is 5.91 Å². The highest BCUT2D eigenvalue weighted by molar-refractivity contribution is 7.22. The van der Waals surface area contributed by atoms with Crippen molar-refractivity contribution in [3.63, 3.8) is 0 Å². The Labute approximate surface area is 230 Å². The fourth-order valence-electron chi connectivity index (χ4n) is 4.16. The molecule has 5 rings (SSSR count). The van der Waals surface area contributed by atoms with Crippen LogP contribution in [-0.2, 0) is 0 Å². The van der Waals surface area contributed by atoms with Crippen LogP contribution < -0.4 is 19.2 Å². The van der Waals surface area contributed by atoms with Crippen LogP contribution >= 0.6 is 11.3 Å². The molecule has 0 saturated carbocycles. The zero-order valence-electron chi connectivity index (χ0n) is 22.0. The highest BCUT2D eigenvalue weighted by Gasteiger charge is 2.22. The normalized spacial score (nSPS) is 11.1. The van der Waals surface area contributed by atoms with Crippen molar-refractivity contribution < 1.29 is 19.0 Å². The molecule has 0 aliphatic heterocycles. The second-order valence-corrected chi connectivity index (χ2v) is 9.74. The molecule has 0 aliphatic carbocycles. The number of amides is 1. The van der Waals surface area contributed by atoms with Crippen molar-refractivity contribution >= 4 is 38.8 Å². The molecule has 1 aromatic heterocycles. The minimum atomic E-state index is -0.297. The van der Waals surface area contributed by atoms with Gasteiger partial charge in [-0.25, -0.2) is 4.98 Å². The van der Waals surface area contributed by atoms with Crippen LogP contribution in [0.5, 0.6) is 17.2 Å². The number of thiazole rings is 1. The predicted molar refractivity (Wildman–Crippen MR) is 157 cm³/mol. The summed E-state index contributed by atoms with van der Waals surface area (Å²) in [6.07, 6.45) is 1.58. The minimum Gasteiger partial charge on any atom is -0.493 e. The number of anilines is 1. The third-order valence-corrected chi connectivity index (χ3v) is 7.15. The van der Waals surface area contributed by atoms with E-state index in [4.69, 9.17) is 19.2 Å². The number of nitrogens with zero attached hydrogens (tertiary/aromatic N) is 3. The number of ether oxygens (including phenoxy) is 3. The van der Waals surface area contributed by atoms with Crippen LogP contribution in [0, 0.1) is 6.92 Å². The first-order valence-corrected chi connectivity index (χ1v) is 13.0. The van der Waals surface area contributed by atoms with Crippen molar-refractivity contribution in [1.82, 2.24) is 4.98 Å². The molecule has 4 aromatic carbocycles. The number of rotatable bonds is 8. The third kappa shape index (κ3) is 5.46. The molecular weight excluding hydrogens is 510 g/mol. The third-order valence-electron chi connectivity index (χ3n) is 6.15. The maximum atomic E-state index is 13.8. The van der Waals surface area contributed by atoms with Gasteiger partial charge in [0.05, 0.1) is 37.8 Å². The van der Waals surface area contributed by atoms with E-state index in [1.807, 2.05) is 73.7 Å². The van der Waals surface area contributed by atoms with Crippen molar-refractivity contribution in [3.8, 4) is 28.4 Å². The number of aryl methyl sites for hydroxylation is 1. The average molecular weight is 538 g/mol. The predicted octanol–water partition coefficient (Wildman–Crippen LogP) is 6.98. The van der Waals surface area contributed by atoms with Crippen molar-refractivity contribution in [1.29, 1.82) is 0 Å². The van der Waals surface area contributed by atoms with Crippen LogP contribution in [0.1, 0.15) is 21.5 Å². The summed E-state index contributed by atoms with van der Waals surface area (Å²) in [4.78, 5) is 18.5. The number of carbonyl (C=O) groups excluding carboxylic acids is 1. The van der Waals surface area contributed by atoms with E-state index >= 15 is 0 Å². The van der Waals surface area contributed by atoms with Gasteiger partial charge in [0.15, 0.2) is 11.5 Å². The lowest BCUT2D eigenvalue weighted by Gasteiger charge is -2.15. The molecule has 0 N–H and O–H groups in total. The number of hydrogen-bond acceptors (Lipinski definition) is 7. The molecule has 39 heavy (non-hydrogen) atoms. The minimum absolute atomic E-state index is 0.297. The number of hydrazone groups is 1. The fourth-order valence-corrected chi connectivity index (χ4v) is 5.18. The lowest BCUT2D eigenvalue weighted by molar-refractivity contribution is 0.0988. The molecule has 0 saturated heterocycles. The standard InChI is InChI=1S/C31H27N3O4S/c1-20-10-15-25-28(16-20)39-31(33-25)34(32-19-21-17-26(36-2)29(38-4)27(18-21)37-3)30(35)24-13-11-23(12-14-24)22-8-6-5-7-9-22/h5-19H,1-4H3/b32-19+. The Balaban J connectivity index is 1.54. The molecule has 0 atom stereocenters. The molecule has 1 amide bonds. The zero-order chi connectivity index (χ0) is 27.4. The first kappa shape index (κ1) is 25.9. The number of hydrogen-bond donors (Lipinski definition) is 0. The second-order valence-electron chi connectivity index (χ2n) is 8.73. The quantitative estimate of drug-likeness (QED) is 0.158. The summed E-state index contributed by atoms with van der Waals surface area (Å²) in [7, 11) is 4.65. The summed E-state index contributed by atoms with van der Waals surface area (Å²) in [5.74, 6) is 1.16. The zero-order valence-corrected chi connectivity index (χ0v) is 22.9. The largest absolute Gasteiger partial charge is 0.493 e. The van der Waals surface area contributed by atoms with Gasteiger partial charge in [0.2, 0.25) is 10.9 Å². The van der Waals surface area contributed by atoms with Crippen LogP contribution in [0.15, 0.2) is 90.0 Å². The molecular formula is C31H27N3O4S. The van der Waals surface area contributed by atoms with Crippen LogP contribution in [0.25, 0.3) is 21.3 Å². The van der Waals surface area contributed by atoms with Crippen molar-refractivity contribution in [2.75, 3.05) is 26.3 Å². The Kier molecular flexibility index (Phi) is 7.56. The van der Waals surface area contributed by atoms with E-state index in [9.17, 15) is 4.79 Å². The topological polar surface area (TPSA) is 73.2 Å². The molecule has 7 nitrogen and oxygen atoms in total. The van der Waals surface area contributed by atoms with Gasteiger partial charge in [-0.2, -0.15) is 10.1 Å². The number of benzene rings is 4. The van der Waals surface area contributed by atoms with Crippen molar-refractivity contribution in [3.05, 3.63) is 102 Å². The van der Waals surface area contributed by atoms with E-state index in [2.05, 4.69) is 11.2 Å². The summed E-state index contributed by atoms with van der Waals surface area (Å²) in [5.41, 5.74) is 5.19. The fraction of sp³-hybridized carbons (Fsp3) is 0.129. The average Bonchev–Trinajstić information content (AvgIpc) is 3.39. The van der Waals surface area contributed by atoms with E-state index < -0.39 is 0 Å². The number of methoxy groups -OCH3 is 3. The highest BCUT2D eigenvalue weighted by atomic mass is 32.1. The molecule has 8 heteroatoms. The Hall–Kier alpha value is -4.69. The van der Waals surface area contributed by atoms with Crippen molar-refractivity contribution in [2.45, 2.75) is 6.92 Å². The highest BCUT2D eigenvalue weighted by Crippen LogP contribution is 2.38. The lowest BCUT2D eigenvalue weighted by atomic mass is 10.0. The van der Waals surface area contributed by atoms with Gasteiger partial charge in [-0.1, -0.05) is 59.9 Å². The molecule has 0 spiro atoms. The molecule has 0 unspecified atom stereocenters. The Morgan fingerprint density at radius 2 is 1.51 bits per heavy atom. The van der Waals surface area contributed by atoms with Crippen LogP contribution in [0.2, 0.25) is 0 Å². The lowest BCUT2D eigenvalue weighted by Crippen LogP contribution is -2.25. The van der Waals surface area contributed by atoms with E-state index in [0.717, 1.165) is 26.9 Å². The molecule has 0 bridgehead atoms. The SMILES string of the molecule is COc1cc(/C=N/N(C(=O)c2ccc(-c3ccccc3)cc2)c2nc3ccc(C)cc3s2)cc(OC)c1OC. The van der Waals surface area contributed by atoms with Gasteiger partial charge in [-0.3, -0.25) is 4.79 Å². The van der Waals surface area contributed by atoms with Crippen LogP contribution in [-0.4, -0.2) is 38.4 Å². The van der Waals surface area contributed by atoms with Gasteiger partial charge in [-0.05, 0) is 60.0 Å². The van der Waals surface area contributed by atoms with Crippen LogP contribution in [0.3, 0.4) is 0 Å². The Morgan fingerprint density at radius 1 is 0.846 bits per heavy atom. The molecule has 0 radical (unpaired) electrons. The maximum Gasteiger partial charge on any atom is 0.280 e. The summed E-state index contributed by atoms with van der Waals surface area (Å²) in [6, 6.07) is 27.1. The number of carbonyl (C=O) groups is 1. The number of fused-ring (bicyclic) bond motifs is 1. The Bertz CT molecular complexity index is 1620. The van der Waals surface area contributed by atoms with E-state index in [0.29, 0.717) is 33.5 Å². The molecule has 0 aliphatic rings. The molecule has 5 aromatic rings. The van der Waals surface area contributed by atoms with Crippen molar-refractivity contribution in [2.24, 2.45) is 5.10 Å². The smallest absolute Gasteiger partial charge is 0.280 e. The number of aromatic nitrogens is 1. The molecule has 1 heterocycles. The van der Waals surface area contributed by atoms with Gasteiger partial charge in [0, 0.05) is 11.1 Å². The summed E-state index contributed by atoms with van der Waals surface area (Å²) in [6.45, 7) is 2.03. The van der Waals surface area contributed by atoms with Gasteiger partial charge in [0.1, 0.15) is 0 Å². The Morgan fingerprint density at radius 3 is 2.15 bits per heavy atom. The first-order chi connectivity index (χ1) is 19.0. The second kappa shape index (κ2) is 11.4. The first-order valence-electron chi connectivity index (χ1n) is 12.2. The van der Waals surface area contributed by atoms with Gasteiger partial charge in [-0.15, -0.1) is 0 Å². The summed E-state index contributed by atoms with van der Waals surface area (Å²) < 4.78 is 17.3. The van der Waals surface area contributed by atoms with Gasteiger partial charge < -0.3 is 14.2 Å². The van der Waals surface area contributed by atoms with E-state index in [1.54, 1.807) is 39.7 Å². The summed E-state index contributed by atoms with van der Waals surface area (Å²) in [5, 5.41) is 6.40. The van der Waals surface area contributed by atoms with Gasteiger partial charge >= 0.3 is 0 Å².